The lowest BCUT2D eigenvalue weighted by molar-refractivity contribution is -0.178. The number of ketones is 1. The molecule has 29 heteroatoms. The molecule has 5 aliphatic rings. The number of ether oxygens (including phenoxy) is 8. The number of methoxy groups -OCH3 is 4. The summed E-state index contributed by atoms with van der Waals surface area (Å²) in [5.41, 5.74) is 23.1. The van der Waals surface area contributed by atoms with Gasteiger partial charge in [-0.15, -0.1) is 0 Å². The Morgan fingerprint density at radius 2 is 0.851 bits per heavy atom. The SMILES string of the molecule is CCN(c1c(C)c(C(=O)OC)cc2c1cnn2C)C1CCC(=O)CC1.CCN(c1c(C)c(C(=O)OC)cc2c1cnn2C)C1CCC2(CC1)OCCO2.COC(=O)c1cc2c(cnn2C)c(N)c1C.COC(=O)c1cc2c(cnn2C)c(NC2CCC3(CC2)OCCO3)c1C.NCC(F)(F)F. The van der Waals surface area contributed by atoms with E-state index in [2.05, 4.69) is 55.1 Å². The highest BCUT2D eigenvalue weighted by molar-refractivity contribution is 6.06. The second-order valence-corrected chi connectivity index (χ2v) is 26.0. The van der Waals surface area contributed by atoms with E-state index in [0.717, 1.165) is 160 Å². The Bertz CT molecular complexity index is 4290. The number of nitrogens with two attached hydrogens (primary N) is 2. The number of rotatable bonds is 12. The van der Waals surface area contributed by atoms with Gasteiger partial charge < -0.3 is 64.5 Å². The van der Waals surface area contributed by atoms with E-state index < -0.39 is 12.7 Å². The standard InChI is InChI=1S/C21H29N3O4.C19H25N3O4.C19H25N3O3.C11H13N3O2.C2H4F3N/c1-5-24(15-6-8-21(9-7-15)27-10-11-28-21)19-14(2)16(20(25)26-4)12-18-17(19)13-22-23(18)3;1-12-14(18(23)24-3)10-16-15(11-20-22(16)2)17(12)21-13-4-6-19(7-5-13)25-8-9-26-19;1-5-22(13-6-8-14(23)9-7-13)18-12(2)15(19(24)25-4)10-17-16(18)11-20-21(17)3;1-6-7(11(15)16-3)4-9-8(10(6)12)5-13-14(9)2;3-2(4,5)1-6/h12-13,15H,5-11H2,1-4H3;10-11,13,21H,4-9H2,1-3H3;10-11,13H,5-9H2,1-4H3;4-5H,12H2,1-3H3;1,6H2. The summed E-state index contributed by atoms with van der Waals surface area (Å²) in [6.45, 7) is 15.2. The van der Waals surface area contributed by atoms with Crippen LogP contribution in [0.2, 0.25) is 0 Å². The summed E-state index contributed by atoms with van der Waals surface area (Å²) in [6.07, 6.45) is 13.6. The Morgan fingerprint density at radius 3 is 1.22 bits per heavy atom. The van der Waals surface area contributed by atoms with Crippen LogP contribution >= 0.6 is 0 Å². The van der Waals surface area contributed by atoms with E-state index in [1.807, 2.05) is 83.4 Å². The Labute approximate surface area is 585 Å². The number of nitrogen functional groups attached to an aromatic ring is 1. The molecule has 2 aliphatic heterocycles. The molecule has 0 radical (unpaired) electrons. The number of carbonyl (C=O) groups is 5. The first kappa shape index (κ1) is 76.3. The number of benzene rings is 4. The summed E-state index contributed by atoms with van der Waals surface area (Å²) < 4.78 is 82.2. The number of alkyl halides is 3. The molecule has 4 aromatic heterocycles. The van der Waals surface area contributed by atoms with Gasteiger partial charge in [0, 0.05) is 131 Å². The van der Waals surface area contributed by atoms with E-state index in [4.69, 9.17) is 43.6 Å². The van der Waals surface area contributed by atoms with Gasteiger partial charge in [0.1, 0.15) is 5.78 Å². The van der Waals surface area contributed by atoms with E-state index in [0.29, 0.717) is 91.1 Å². The third-order valence-corrected chi connectivity index (χ3v) is 20.2. The molecule has 26 nitrogen and oxygen atoms in total. The monoisotopic (exact) mass is 1410 g/mol. The molecule has 6 heterocycles. The first-order chi connectivity index (χ1) is 48.1. The van der Waals surface area contributed by atoms with E-state index in [1.165, 1.54) is 28.4 Å². The van der Waals surface area contributed by atoms with E-state index >= 15 is 0 Å². The molecule has 3 aliphatic carbocycles. The van der Waals surface area contributed by atoms with Gasteiger partial charge in [-0.05, 0) is 127 Å². The van der Waals surface area contributed by atoms with Crippen molar-refractivity contribution in [3.63, 3.8) is 0 Å². The number of esters is 4. The average molecular weight is 1410 g/mol. The van der Waals surface area contributed by atoms with Crippen molar-refractivity contribution >= 4 is 96.0 Å². The van der Waals surface area contributed by atoms with Crippen molar-refractivity contribution in [1.29, 1.82) is 0 Å². The number of nitrogens with one attached hydrogen (secondary N) is 1. The van der Waals surface area contributed by atoms with Crippen molar-refractivity contribution in [1.82, 2.24) is 39.1 Å². The van der Waals surface area contributed by atoms with Gasteiger partial charge in [0.15, 0.2) is 11.6 Å². The number of anilines is 4. The summed E-state index contributed by atoms with van der Waals surface area (Å²) >= 11 is 0. The number of carbonyl (C=O) groups excluding carboxylic acids is 5. The van der Waals surface area contributed by atoms with Gasteiger partial charge in [-0.3, -0.25) is 23.5 Å². The van der Waals surface area contributed by atoms with Crippen molar-refractivity contribution < 1.29 is 75.0 Å². The van der Waals surface area contributed by atoms with E-state index in [-0.39, 0.29) is 35.5 Å². The Kier molecular flexibility index (Phi) is 24.5. The van der Waals surface area contributed by atoms with Gasteiger partial charge in [0.25, 0.3) is 0 Å². The molecule has 2 saturated heterocycles. The molecule has 5 N–H and O–H groups in total. The Balaban J connectivity index is 0.000000155. The van der Waals surface area contributed by atoms with Crippen LogP contribution in [-0.4, -0.2) is 179 Å². The van der Waals surface area contributed by atoms with Crippen molar-refractivity contribution in [2.24, 2.45) is 33.9 Å². The molecule has 5 fully saturated rings. The Morgan fingerprint density at radius 1 is 0.535 bits per heavy atom. The fourth-order valence-electron chi connectivity index (χ4n) is 14.5. The second-order valence-electron chi connectivity index (χ2n) is 26.0. The molecule has 0 unspecified atom stereocenters. The minimum absolute atomic E-state index is 0.303. The predicted molar refractivity (Wildman–Crippen MR) is 377 cm³/mol. The lowest BCUT2D eigenvalue weighted by atomic mass is 9.88. The molecule has 8 aromatic rings. The molecule has 0 amide bonds. The first-order valence-corrected chi connectivity index (χ1v) is 34.2. The predicted octanol–water partition coefficient (Wildman–Crippen LogP) is 10.7. The van der Waals surface area contributed by atoms with Crippen LogP contribution in [0, 0.1) is 27.7 Å². The number of aryl methyl sites for hydroxylation is 4. The molecule has 2 spiro atoms. The van der Waals surface area contributed by atoms with E-state index in [9.17, 15) is 37.1 Å². The molecule has 4 aromatic carbocycles. The van der Waals surface area contributed by atoms with Crippen LogP contribution in [0.15, 0.2) is 49.1 Å². The summed E-state index contributed by atoms with van der Waals surface area (Å²) in [5.74, 6) is -1.76. The molecule has 0 bridgehead atoms. The summed E-state index contributed by atoms with van der Waals surface area (Å²) in [6, 6.07) is 8.33. The molecule has 13 rings (SSSR count). The smallest absolute Gasteiger partial charge is 0.400 e. The maximum atomic E-state index is 12.4. The average Bonchev–Trinajstić information content (AvgIpc) is 1.74. The van der Waals surface area contributed by atoms with E-state index in [1.54, 1.807) is 40.3 Å². The number of nitrogens with zero attached hydrogens (tertiary/aromatic N) is 10. The number of halogens is 3. The van der Waals surface area contributed by atoms with Gasteiger partial charge in [0.05, 0.1) is 142 Å². The summed E-state index contributed by atoms with van der Waals surface area (Å²) in [7, 11) is 13.0. The lowest BCUT2D eigenvalue weighted by Gasteiger charge is -2.42. The van der Waals surface area contributed by atoms with Crippen LogP contribution in [0.4, 0.5) is 35.9 Å². The van der Waals surface area contributed by atoms with Crippen molar-refractivity contribution in [2.45, 2.75) is 154 Å². The highest BCUT2D eigenvalue weighted by atomic mass is 19.4. The van der Waals surface area contributed by atoms with Crippen molar-refractivity contribution in [3.05, 3.63) is 93.6 Å². The maximum absolute atomic E-state index is 12.4. The first-order valence-electron chi connectivity index (χ1n) is 34.2. The number of fused-ring (bicyclic) bond motifs is 4. The molecule has 3 saturated carbocycles. The third-order valence-electron chi connectivity index (χ3n) is 20.2. The molecule has 548 valence electrons. The molecular weight excluding hydrogens is 1310 g/mol. The normalized spacial score (nSPS) is 17.3. The van der Waals surface area contributed by atoms with Crippen LogP contribution in [0.25, 0.3) is 43.6 Å². The van der Waals surface area contributed by atoms with Gasteiger partial charge in [-0.1, -0.05) is 0 Å². The third kappa shape index (κ3) is 16.4. The van der Waals surface area contributed by atoms with Crippen molar-refractivity contribution in [3.8, 4) is 0 Å². The lowest BCUT2D eigenvalue weighted by Crippen LogP contribution is -2.44. The number of hydrogen-bond donors (Lipinski definition) is 3. The highest BCUT2D eigenvalue weighted by Gasteiger charge is 2.43. The zero-order chi connectivity index (χ0) is 73.4. The zero-order valence-corrected chi connectivity index (χ0v) is 60.4. The van der Waals surface area contributed by atoms with Crippen molar-refractivity contribution in [2.75, 3.05) is 95.4 Å². The van der Waals surface area contributed by atoms with Gasteiger partial charge in [-0.2, -0.15) is 33.6 Å². The zero-order valence-electron chi connectivity index (χ0n) is 60.4. The van der Waals surface area contributed by atoms with Gasteiger partial charge >= 0.3 is 30.1 Å². The molecule has 0 atom stereocenters. The van der Waals surface area contributed by atoms with Crippen LogP contribution in [-0.2, 0) is 70.9 Å². The Hall–Kier alpha value is -8.90. The highest BCUT2D eigenvalue weighted by Crippen LogP contribution is 2.44. The molecular formula is C72H96F3N13O13. The summed E-state index contributed by atoms with van der Waals surface area (Å²) in [4.78, 5) is 64.8. The quantitative estimate of drug-likeness (QED) is 0.0581. The minimum Gasteiger partial charge on any atom is -0.465 e. The largest absolute Gasteiger partial charge is 0.465 e. The number of Topliss-reactive ketones (excluding diaryl/α,β-unsaturated/α-hetero) is 1. The van der Waals surface area contributed by atoms with Gasteiger partial charge in [-0.25, -0.2) is 19.2 Å². The van der Waals surface area contributed by atoms with Crippen LogP contribution in [0.1, 0.15) is 155 Å². The molecule has 101 heavy (non-hydrogen) atoms. The van der Waals surface area contributed by atoms with Crippen LogP contribution in [0.3, 0.4) is 0 Å². The number of aromatic nitrogens is 8. The van der Waals surface area contributed by atoms with Crippen LogP contribution < -0.4 is 26.6 Å². The fraction of sp³-hybridized carbons (Fsp3) is 0.542. The second kappa shape index (κ2) is 32.4. The number of hydrogen-bond acceptors (Lipinski definition) is 22. The topological polar surface area (TPSA) is 301 Å². The minimum atomic E-state index is -4.18. The fourth-order valence-corrected chi connectivity index (χ4v) is 14.5. The summed E-state index contributed by atoms with van der Waals surface area (Å²) in [5, 5.41) is 24.9. The maximum Gasteiger partial charge on any atom is 0.400 e. The van der Waals surface area contributed by atoms with Gasteiger partial charge in [0.2, 0.25) is 0 Å². The van der Waals surface area contributed by atoms with Crippen LogP contribution in [0.5, 0.6) is 0 Å².